The molecule has 32 heavy (non-hydrogen) atoms. The number of aromatic nitrogens is 2. The zero-order valence-electron chi connectivity index (χ0n) is 18.3. The summed E-state index contributed by atoms with van der Waals surface area (Å²) in [5.41, 5.74) is 2.72. The van der Waals surface area contributed by atoms with Crippen LogP contribution in [-0.4, -0.2) is 48.1 Å². The van der Waals surface area contributed by atoms with Crippen molar-refractivity contribution in [2.45, 2.75) is 55.1 Å². The SMILES string of the molecule is CCN(CC)S(=O)(=O)c1ccc2c(c1)nc(SCc1cccc(Cl)c1)n2CC1CCCO1. The van der Waals surface area contributed by atoms with Gasteiger partial charge in [0.15, 0.2) is 5.16 Å². The molecule has 1 saturated heterocycles. The minimum absolute atomic E-state index is 0.150. The third-order valence-electron chi connectivity index (χ3n) is 5.70. The van der Waals surface area contributed by atoms with Gasteiger partial charge in [-0.2, -0.15) is 4.31 Å². The largest absolute Gasteiger partial charge is 0.376 e. The van der Waals surface area contributed by atoms with Crippen LogP contribution in [0.4, 0.5) is 0 Å². The Kier molecular flexibility index (Phi) is 7.47. The number of thioether (sulfide) groups is 1. The Labute approximate surface area is 199 Å². The summed E-state index contributed by atoms with van der Waals surface area (Å²) < 4.78 is 35.5. The Morgan fingerprint density at radius 3 is 2.72 bits per heavy atom. The van der Waals surface area contributed by atoms with Crippen molar-refractivity contribution < 1.29 is 13.2 Å². The van der Waals surface area contributed by atoms with Gasteiger partial charge in [0, 0.05) is 30.5 Å². The summed E-state index contributed by atoms with van der Waals surface area (Å²) in [6.07, 6.45) is 2.23. The predicted octanol–water partition coefficient (Wildman–Crippen LogP) is 5.19. The van der Waals surface area contributed by atoms with Crippen LogP contribution in [0.15, 0.2) is 52.5 Å². The molecular weight excluding hydrogens is 466 g/mol. The molecule has 2 aromatic carbocycles. The first-order chi connectivity index (χ1) is 15.4. The highest BCUT2D eigenvalue weighted by Gasteiger charge is 2.24. The van der Waals surface area contributed by atoms with Crippen LogP contribution in [0.2, 0.25) is 5.02 Å². The van der Waals surface area contributed by atoms with E-state index in [9.17, 15) is 8.42 Å². The first-order valence-corrected chi connectivity index (χ1v) is 13.7. The van der Waals surface area contributed by atoms with Crippen LogP contribution >= 0.6 is 23.4 Å². The summed E-state index contributed by atoms with van der Waals surface area (Å²) in [5, 5.41) is 1.56. The van der Waals surface area contributed by atoms with Crippen LogP contribution in [0.3, 0.4) is 0 Å². The van der Waals surface area contributed by atoms with Gasteiger partial charge < -0.3 is 9.30 Å². The fourth-order valence-corrected chi connectivity index (χ4v) is 6.67. The Bertz CT molecular complexity index is 1190. The summed E-state index contributed by atoms with van der Waals surface area (Å²) in [4.78, 5) is 5.11. The minimum Gasteiger partial charge on any atom is -0.376 e. The lowest BCUT2D eigenvalue weighted by Crippen LogP contribution is -2.30. The van der Waals surface area contributed by atoms with Gasteiger partial charge in [0.05, 0.1) is 28.6 Å². The van der Waals surface area contributed by atoms with Crippen LogP contribution in [0.25, 0.3) is 11.0 Å². The van der Waals surface area contributed by atoms with Crippen molar-refractivity contribution in [3.05, 3.63) is 53.1 Å². The van der Waals surface area contributed by atoms with Crippen molar-refractivity contribution in [3.8, 4) is 0 Å². The van der Waals surface area contributed by atoms with E-state index in [0.717, 1.165) is 41.4 Å². The average Bonchev–Trinajstić information content (AvgIpc) is 3.41. The highest BCUT2D eigenvalue weighted by Crippen LogP contribution is 2.31. The molecule has 0 amide bonds. The molecule has 1 aliphatic rings. The quantitative estimate of drug-likeness (QED) is 0.384. The minimum atomic E-state index is -3.54. The molecular formula is C23H28ClN3O3S2. The fourth-order valence-electron chi connectivity index (χ4n) is 4.01. The van der Waals surface area contributed by atoms with Gasteiger partial charge in [-0.1, -0.05) is 49.3 Å². The van der Waals surface area contributed by atoms with Gasteiger partial charge in [0.25, 0.3) is 0 Å². The zero-order chi connectivity index (χ0) is 22.7. The maximum absolute atomic E-state index is 13.0. The molecule has 2 heterocycles. The van der Waals surface area contributed by atoms with Crippen molar-refractivity contribution in [3.63, 3.8) is 0 Å². The van der Waals surface area contributed by atoms with E-state index in [1.165, 1.54) is 4.31 Å². The molecule has 6 nitrogen and oxygen atoms in total. The number of imidazole rings is 1. The van der Waals surface area contributed by atoms with Crippen LogP contribution in [-0.2, 0) is 27.1 Å². The Morgan fingerprint density at radius 2 is 2.03 bits per heavy atom. The van der Waals surface area contributed by atoms with Crippen LogP contribution in [0.1, 0.15) is 32.3 Å². The number of rotatable bonds is 9. The summed E-state index contributed by atoms with van der Waals surface area (Å²) in [6.45, 7) is 6.06. The number of halogens is 1. The molecule has 0 aliphatic carbocycles. The first-order valence-electron chi connectivity index (χ1n) is 10.9. The lowest BCUT2D eigenvalue weighted by atomic mass is 10.2. The van der Waals surface area contributed by atoms with Crippen LogP contribution in [0.5, 0.6) is 0 Å². The van der Waals surface area contributed by atoms with Gasteiger partial charge in [-0.15, -0.1) is 0 Å². The molecule has 0 radical (unpaired) electrons. The van der Waals surface area contributed by atoms with Gasteiger partial charge in [-0.25, -0.2) is 13.4 Å². The molecule has 9 heteroatoms. The summed E-state index contributed by atoms with van der Waals surface area (Å²) in [5.74, 6) is 0.722. The third-order valence-corrected chi connectivity index (χ3v) is 9.02. The molecule has 1 fully saturated rings. The highest BCUT2D eigenvalue weighted by molar-refractivity contribution is 7.98. The first kappa shape index (κ1) is 23.6. The second-order valence-corrected chi connectivity index (χ2v) is 11.1. The number of fused-ring (bicyclic) bond motifs is 1. The van der Waals surface area contributed by atoms with E-state index in [1.54, 1.807) is 23.9 Å². The van der Waals surface area contributed by atoms with Crippen molar-refractivity contribution in [2.75, 3.05) is 19.7 Å². The Morgan fingerprint density at radius 1 is 1.22 bits per heavy atom. The second-order valence-electron chi connectivity index (χ2n) is 7.80. The molecule has 3 aromatic rings. The number of benzene rings is 2. The molecule has 0 saturated carbocycles. The molecule has 1 atom stereocenters. The van der Waals surface area contributed by atoms with Gasteiger partial charge in [0.1, 0.15) is 0 Å². The lowest BCUT2D eigenvalue weighted by Gasteiger charge is -2.18. The van der Waals surface area contributed by atoms with Gasteiger partial charge in [-0.3, -0.25) is 0 Å². The molecule has 0 spiro atoms. The standard InChI is InChI=1S/C23H28ClN3O3S2/c1-3-26(4-2)32(28,29)20-10-11-22-21(14-20)25-23(27(22)15-19-9-6-12-30-19)31-16-17-7-5-8-18(24)13-17/h5,7-8,10-11,13-14,19H,3-4,6,9,12,15-16H2,1-2H3. The van der Waals surface area contributed by atoms with E-state index in [-0.39, 0.29) is 11.0 Å². The monoisotopic (exact) mass is 493 g/mol. The maximum Gasteiger partial charge on any atom is 0.243 e. The van der Waals surface area contributed by atoms with Crippen molar-refractivity contribution >= 4 is 44.4 Å². The van der Waals surface area contributed by atoms with Gasteiger partial charge in [0.2, 0.25) is 10.0 Å². The van der Waals surface area contributed by atoms with E-state index in [2.05, 4.69) is 4.57 Å². The predicted molar refractivity (Wildman–Crippen MR) is 130 cm³/mol. The summed E-state index contributed by atoms with van der Waals surface area (Å²) >= 11 is 7.76. The maximum atomic E-state index is 13.0. The Hall–Kier alpha value is -1.58. The normalized spacial score (nSPS) is 16.9. The number of hydrogen-bond donors (Lipinski definition) is 0. The van der Waals surface area contributed by atoms with Crippen molar-refractivity contribution in [1.82, 2.24) is 13.9 Å². The van der Waals surface area contributed by atoms with Gasteiger partial charge >= 0.3 is 0 Å². The van der Waals surface area contributed by atoms with E-state index in [1.807, 2.05) is 44.2 Å². The number of hydrogen-bond acceptors (Lipinski definition) is 5. The third kappa shape index (κ3) is 4.99. The average molecular weight is 494 g/mol. The van der Waals surface area contributed by atoms with E-state index in [0.29, 0.717) is 30.2 Å². The highest BCUT2D eigenvalue weighted by atomic mass is 35.5. The summed E-state index contributed by atoms with van der Waals surface area (Å²) in [6, 6.07) is 13.1. The number of nitrogens with zero attached hydrogens (tertiary/aromatic N) is 3. The van der Waals surface area contributed by atoms with Crippen molar-refractivity contribution in [1.29, 1.82) is 0 Å². The number of ether oxygens (including phenoxy) is 1. The molecule has 1 unspecified atom stereocenters. The smallest absolute Gasteiger partial charge is 0.243 e. The fraction of sp³-hybridized carbons (Fsp3) is 0.435. The van der Waals surface area contributed by atoms with E-state index < -0.39 is 10.0 Å². The Balaban J connectivity index is 1.70. The molecule has 0 bridgehead atoms. The van der Waals surface area contributed by atoms with E-state index >= 15 is 0 Å². The van der Waals surface area contributed by atoms with Crippen molar-refractivity contribution in [2.24, 2.45) is 0 Å². The van der Waals surface area contributed by atoms with Crippen LogP contribution in [0, 0.1) is 0 Å². The topological polar surface area (TPSA) is 64.4 Å². The second kappa shape index (κ2) is 10.1. The summed E-state index contributed by atoms with van der Waals surface area (Å²) in [7, 11) is -3.54. The van der Waals surface area contributed by atoms with E-state index in [4.69, 9.17) is 21.3 Å². The molecule has 172 valence electrons. The van der Waals surface area contributed by atoms with Gasteiger partial charge in [-0.05, 0) is 48.7 Å². The zero-order valence-corrected chi connectivity index (χ0v) is 20.7. The molecule has 1 aromatic heterocycles. The molecule has 4 rings (SSSR count). The number of sulfonamides is 1. The molecule has 1 aliphatic heterocycles. The molecule has 0 N–H and O–H groups in total. The van der Waals surface area contributed by atoms with Crippen LogP contribution < -0.4 is 0 Å². The lowest BCUT2D eigenvalue weighted by molar-refractivity contribution is 0.0960.